The molecule has 1 fully saturated rings. The highest BCUT2D eigenvalue weighted by Gasteiger charge is 2.33. The van der Waals surface area contributed by atoms with Gasteiger partial charge < -0.3 is 14.4 Å². The molecule has 8 nitrogen and oxygen atoms in total. The number of methoxy groups -OCH3 is 1. The third kappa shape index (κ3) is 4.32. The Labute approximate surface area is 177 Å². The largest absolute Gasteiger partial charge is 0.471 e. The Morgan fingerprint density at radius 3 is 2.48 bits per heavy atom. The van der Waals surface area contributed by atoms with Crippen LogP contribution in [-0.2, 0) is 16.1 Å². The summed E-state index contributed by atoms with van der Waals surface area (Å²) < 4.78 is 37.7. The third-order valence-electron chi connectivity index (χ3n) is 5.21. The topological polar surface area (TPSA) is 82.4 Å². The van der Waals surface area contributed by atoms with Crippen LogP contribution in [0.1, 0.15) is 23.4 Å². The minimum absolute atomic E-state index is 0.0530. The monoisotopic (exact) mass is 429 g/mol. The van der Waals surface area contributed by atoms with Crippen LogP contribution in [0.15, 0.2) is 42.6 Å². The molecule has 3 heterocycles. The Morgan fingerprint density at radius 2 is 1.87 bits per heavy atom. The highest BCUT2D eigenvalue weighted by molar-refractivity contribution is 5.76. The third-order valence-corrected chi connectivity index (χ3v) is 5.21. The lowest BCUT2D eigenvalue weighted by atomic mass is 10.00. The van der Waals surface area contributed by atoms with E-state index in [9.17, 15) is 13.6 Å². The quantitative estimate of drug-likeness (QED) is 0.534. The molecule has 0 amide bonds. The van der Waals surface area contributed by atoms with E-state index in [1.807, 2.05) is 11.0 Å². The lowest BCUT2D eigenvalue weighted by Crippen LogP contribution is -2.50. The maximum Gasteiger partial charge on any atom is 0.312 e. The Balaban J connectivity index is 1.40. The maximum atomic E-state index is 12.8. The van der Waals surface area contributed by atoms with Crippen LogP contribution in [0.4, 0.5) is 14.5 Å². The molecular formula is C21H21F2N5O3. The van der Waals surface area contributed by atoms with Gasteiger partial charge in [0.05, 0.1) is 36.3 Å². The first kappa shape index (κ1) is 20.7. The molecule has 0 unspecified atom stereocenters. The number of nitrogens with zero attached hydrogens (tertiary/aromatic N) is 5. The number of carbonyl (C=O) groups excluding carboxylic acids is 1. The summed E-state index contributed by atoms with van der Waals surface area (Å²) >= 11 is 0. The van der Waals surface area contributed by atoms with Crippen molar-refractivity contribution in [1.29, 1.82) is 0 Å². The Hall–Kier alpha value is -3.56. The number of aromatic nitrogens is 4. The summed E-state index contributed by atoms with van der Waals surface area (Å²) in [6.45, 7) is 3.16. The fourth-order valence-corrected chi connectivity index (χ4v) is 3.30. The maximum absolute atomic E-state index is 12.8. The SMILES string of the molecule is COC(=O)C1CN(c2ccc(OCc3c(C)nnn3-c3ccc(C(F)F)cc3)nc2)C1. The van der Waals surface area contributed by atoms with E-state index >= 15 is 0 Å². The first-order valence-electron chi connectivity index (χ1n) is 9.67. The number of anilines is 1. The van der Waals surface area contributed by atoms with Gasteiger partial charge in [-0.3, -0.25) is 4.79 Å². The van der Waals surface area contributed by atoms with Gasteiger partial charge in [-0.15, -0.1) is 5.10 Å². The van der Waals surface area contributed by atoms with Gasteiger partial charge in [0.25, 0.3) is 6.43 Å². The van der Waals surface area contributed by atoms with Crippen LogP contribution in [0.3, 0.4) is 0 Å². The molecule has 0 saturated carbocycles. The zero-order valence-corrected chi connectivity index (χ0v) is 17.0. The molecule has 2 aromatic heterocycles. The number of aryl methyl sites for hydroxylation is 1. The van der Waals surface area contributed by atoms with E-state index in [0.717, 1.165) is 5.69 Å². The second-order valence-corrected chi connectivity index (χ2v) is 7.19. The van der Waals surface area contributed by atoms with Gasteiger partial charge in [0.1, 0.15) is 12.3 Å². The lowest BCUT2D eigenvalue weighted by molar-refractivity contribution is -0.146. The van der Waals surface area contributed by atoms with Crippen LogP contribution in [0.5, 0.6) is 5.88 Å². The van der Waals surface area contributed by atoms with Gasteiger partial charge in [-0.25, -0.2) is 18.4 Å². The van der Waals surface area contributed by atoms with Gasteiger partial charge in [0.2, 0.25) is 5.88 Å². The van der Waals surface area contributed by atoms with Crippen molar-refractivity contribution in [3.63, 3.8) is 0 Å². The van der Waals surface area contributed by atoms with E-state index in [1.54, 1.807) is 36.0 Å². The summed E-state index contributed by atoms with van der Waals surface area (Å²) in [6.07, 6.45) is -0.833. The van der Waals surface area contributed by atoms with Gasteiger partial charge in [0.15, 0.2) is 0 Å². The second kappa shape index (κ2) is 8.66. The average Bonchev–Trinajstić information content (AvgIpc) is 3.12. The highest BCUT2D eigenvalue weighted by Crippen LogP contribution is 2.26. The minimum Gasteiger partial charge on any atom is -0.471 e. The van der Waals surface area contributed by atoms with Gasteiger partial charge in [-0.2, -0.15) is 0 Å². The number of esters is 1. The van der Waals surface area contributed by atoms with Crippen LogP contribution in [0.2, 0.25) is 0 Å². The molecule has 10 heteroatoms. The van der Waals surface area contributed by atoms with Crippen molar-refractivity contribution in [2.75, 3.05) is 25.1 Å². The molecule has 1 aliphatic heterocycles. The number of hydrogen-bond donors (Lipinski definition) is 0. The number of ether oxygens (including phenoxy) is 2. The molecule has 0 aliphatic carbocycles. The molecule has 1 aromatic carbocycles. The van der Waals surface area contributed by atoms with Crippen LogP contribution >= 0.6 is 0 Å². The summed E-state index contributed by atoms with van der Waals surface area (Å²) in [5.74, 6) is 0.119. The van der Waals surface area contributed by atoms with Crippen LogP contribution in [-0.4, -0.2) is 46.1 Å². The number of rotatable bonds is 7. The number of alkyl halides is 2. The molecule has 0 bridgehead atoms. The van der Waals surface area contributed by atoms with E-state index in [2.05, 4.69) is 15.3 Å². The normalized spacial score (nSPS) is 13.9. The zero-order chi connectivity index (χ0) is 22.0. The van der Waals surface area contributed by atoms with Crippen LogP contribution in [0, 0.1) is 12.8 Å². The highest BCUT2D eigenvalue weighted by atomic mass is 19.3. The zero-order valence-electron chi connectivity index (χ0n) is 17.0. The molecule has 0 N–H and O–H groups in total. The Bertz CT molecular complexity index is 1050. The van der Waals surface area contributed by atoms with Crippen molar-refractivity contribution in [1.82, 2.24) is 20.0 Å². The Kier molecular flexibility index (Phi) is 5.79. The molecule has 0 atom stereocenters. The van der Waals surface area contributed by atoms with E-state index in [-0.39, 0.29) is 24.1 Å². The fraction of sp³-hybridized carbons (Fsp3) is 0.333. The number of benzene rings is 1. The van der Waals surface area contributed by atoms with Gasteiger partial charge in [-0.05, 0) is 25.1 Å². The van der Waals surface area contributed by atoms with Crippen molar-refractivity contribution in [3.8, 4) is 11.6 Å². The standard InChI is InChI=1S/C21H21F2N5O3/c1-13-18(28(26-25-13)16-5-3-14(4-6-16)20(22)23)12-31-19-8-7-17(9-24-19)27-10-15(11-27)21(29)30-2/h3-9,15,20H,10-12H2,1-2H3. The smallest absolute Gasteiger partial charge is 0.312 e. The molecule has 1 aliphatic rings. The summed E-state index contributed by atoms with van der Waals surface area (Å²) in [5.41, 5.74) is 2.82. The summed E-state index contributed by atoms with van der Waals surface area (Å²) in [5, 5.41) is 8.16. The molecule has 31 heavy (non-hydrogen) atoms. The first-order valence-corrected chi connectivity index (χ1v) is 9.67. The van der Waals surface area contributed by atoms with Crippen molar-refractivity contribution < 1.29 is 23.0 Å². The summed E-state index contributed by atoms with van der Waals surface area (Å²) in [7, 11) is 1.39. The fourth-order valence-electron chi connectivity index (χ4n) is 3.30. The first-order chi connectivity index (χ1) is 15.0. The Morgan fingerprint density at radius 1 is 1.16 bits per heavy atom. The van der Waals surface area contributed by atoms with Gasteiger partial charge in [-0.1, -0.05) is 17.3 Å². The predicted octanol–water partition coefficient (Wildman–Crippen LogP) is 3.10. The van der Waals surface area contributed by atoms with E-state index in [4.69, 9.17) is 9.47 Å². The number of hydrogen-bond acceptors (Lipinski definition) is 7. The summed E-state index contributed by atoms with van der Waals surface area (Å²) in [6, 6.07) is 9.50. The van der Waals surface area contributed by atoms with E-state index < -0.39 is 6.43 Å². The van der Waals surface area contributed by atoms with Gasteiger partial charge >= 0.3 is 5.97 Å². The molecule has 4 rings (SSSR count). The molecular weight excluding hydrogens is 408 g/mol. The van der Waals surface area contributed by atoms with Crippen molar-refractivity contribution in [2.24, 2.45) is 5.92 Å². The lowest BCUT2D eigenvalue weighted by Gasteiger charge is -2.38. The number of pyridine rings is 1. The molecule has 162 valence electrons. The van der Waals surface area contributed by atoms with Crippen molar-refractivity contribution >= 4 is 11.7 Å². The van der Waals surface area contributed by atoms with Gasteiger partial charge in [0, 0.05) is 24.7 Å². The number of carbonyl (C=O) groups is 1. The predicted molar refractivity (Wildman–Crippen MR) is 107 cm³/mol. The van der Waals surface area contributed by atoms with E-state index in [1.165, 1.54) is 19.2 Å². The van der Waals surface area contributed by atoms with E-state index in [0.29, 0.717) is 36.0 Å². The average molecular weight is 429 g/mol. The number of halogens is 2. The van der Waals surface area contributed by atoms with Crippen molar-refractivity contribution in [2.45, 2.75) is 20.0 Å². The molecule has 3 aromatic rings. The minimum atomic E-state index is -2.52. The van der Waals surface area contributed by atoms with Crippen molar-refractivity contribution in [3.05, 3.63) is 59.5 Å². The molecule has 1 saturated heterocycles. The van der Waals surface area contributed by atoms with Crippen LogP contribution < -0.4 is 9.64 Å². The summed E-state index contributed by atoms with van der Waals surface area (Å²) in [4.78, 5) is 17.8. The van der Waals surface area contributed by atoms with Crippen LogP contribution in [0.25, 0.3) is 5.69 Å². The molecule has 0 spiro atoms. The molecule has 0 radical (unpaired) electrons. The second-order valence-electron chi connectivity index (χ2n) is 7.19.